The summed E-state index contributed by atoms with van der Waals surface area (Å²) in [5.74, 6) is 0.483. The van der Waals surface area contributed by atoms with Gasteiger partial charge >= 0.3 is 0 Å². The first kappa shape index (κ1) is 46.1. The molecule has 1 aliphatic rings. The molecule has 3 rings (SSSR count). The molecule has 1 fully saturated rings. The van der Waals surface area contributed by atoms with Crippen LogP contribution in [0.1, 0.15) is 113 Å². The van der Waals surface area contributed by atoms with Crippen molar-refractivity contribution in [2.45, 2.75) is 121 Å². The minimum Gasteiger partial charge on any atom is -0.391 e. The number of amides is 2. The van der Waals surface area contributed by atoms with E-state index in [0.29, 0.717) is 25.9 Å². The van der Waals surface area contributed by atoms with Gasteiger partial charge in [0.25, 0.3) is 0 Å². The lowest BCUT2D eigenvalue weighted by molar-refractivity contribution is -0.130. The molecule has 8 nitrogen and oxygen atoms in total. The minimum atomic E-state index is -0.282. The Labute approximate surface area is 260 Å². The SMILES string of the molecule is CC.CC(C)=O.CC(C)=O.CCC.CCC.CCC(=O)N1CCC(O)C1.Cc1ncsc1-c1ccc(CNC=O)cc1. The van der Waals surface area contributed by atoms with Crippen molar-refractivity contribution in [1.29, 1.82) is 0 Å². The lowest BCUT2D eigenvalue weighted by atomic mass is 10.1. The Morgan fingerprint density at radius 3 is 1.74 bits per heavy atom. The zero-order chi connectivity index (χ0) is 33.5. The number of hydrogen-bond acceptors (Lipinski definition) is 7. The molecule has 0 bridgehead atoms. The fraction of sp³-hybridized carbons (Fsp3) is 0.606. The van der Waals surface area contributed by atoms with Crippen molar-refractivity contribution in [3.8, 4) is 10.4 Å². The van der Waals surface area contributed by atoms with Crippen molar-refractivity contribution >= 4 is 35.2 Å². The summed E-state index contributed by atoms with van der Waals surface area (Å²) in [5, 5.41) is 11.7. The first-order chi connectivity index (χ1) is 19.8. The van der Waals surface area contributed by atoms with Crippen molar-refractivity contribution in [3.05, 3.63) is 41.0 Å². The Balaban J connectivity index is -0.000000238. The Bertz CT molecular complexity index is 908. The molecule has 2 heterocycles. The molecule has 0 saturated carbocycles. The number of carbonyl (C=O) groups excluding carboxylic acids is 4. The molecule has 1 aromatic carbocycles. The highest BCUT2D eigenvalue weighted by Crippen LogP contribution is 2.27. The molecule has 1 aliphatic heterocycles. The number of rotatable bonds is 5. The van der Waals surface area contributed by atoms with Crippen LogP contribution in [0.3, 0.4) is 0 Å². The van der Waals surface area contributed by atoms with Gasteiger partial charge in [0.15, 0.2) is 0 Å². The van der Waals surface area contributed by atoms with Crippen LogP contribution in [-0.2, 0) is 25.7 Å². The van der Waals surface area contributed by atoms with E-state index in [4.69, 9.17) is 5.11 Å². The highest BCUT2D eigenvalue weighted by molar-refractivity contribution is 7.13. The third kappa shape index (κ3) is 30.1. The molecule has 242 valence electrons. The van der Waals surface area contributed by atoms with E-state index in [-0.39, 0.29) is 23.6 Å². The van der Waals surface area contributed by atoms with Gasteiger partial charge in [-0.25, -0.2) is 4.98 Å². The predicted octanol–water partition coefficient (Wildman–Crippen LogP) is 7.40. The maximum atomic E-state index is 11.0. The van der Waals surface area contributed by atoms with E-state index in [2.05, 4.69) is 50.1 Å². The summed E-state index contributed by atoms with van der Waals surface area (Å²) in [4.78, 5) is 47.2. The Hall–Kier alpha value is -2.91. The molecule has 0 radical (unpaired) electrons. The highest BCUT2D eigenvalue weighted by Gasteiger charge is 2.22. The second kappa shape index (κ2) is 32.6. The second-order valence-electron chi connectivity index (χ2n) is 9.33. The molecule has 1 saturated heterocycles. The standard InChI is InChI=1S/C12H12N2OS.C7H13NO2.2C3H6O.2C3H8.C2H6/c1-9-12(16-8-14-9)11-4-2-10(3-5-11)6-13-7-15;1-2-7(10)8-4-3-6(9)5-8;2*1-3(2)4;2*1-3-2;1-2/h2-5,7-8H,6H2,1H3,(H,13,15);6,9H,2-5H2,1H3;2*1-2H3;2*3H2,1-2H3;1-2H3. The number of hydrogen-bond donors (Lipinski definition) is 2. The zero-order valence-corrected chi connectivity index (χ0v) is 29.2. The third-order valence-electron chi connectivity index (χ3n) is 4.17. The summed E-state index contributed by atoms with van der Waals surface area (Å²) in [6.07, 6.45) is 4.22. The molecule has 0 spiro atoms. The van der Waals surface area contributed by atoms with Crippen LogP contribution in [0.5, 0.6) is 0 Å². The van der Waals surface area contributed by atoms with E-state index in [1.165, 1.54) is 51.0 Å². The number of carbonyl (C=O) groups is 4. The first-order valence-corrected chi connectivity index (χ1v) is 15.8. The molecule has 1 aromatic heterocycles. The van der Waals surface area contributed by atoms with Crippen LogP contribution in [0.15, 0.2) is 29.8 Å². The molecule has 2 amide bonds. The molecule has 1 atom stereocenters. The Kier molecular flexibility index (Phi) is 35.8. The van der Waals surface area contributed by atoms with Gasteiger partial charge in [-0.1, -0.05) is 85.6 Å². The molecule has 0 aliphatic carbocycles. The normalized spacial score (nSPS) is 12.1. The summed E-state index contributed by atoms with van der Waals surface area (Å²) in [6.45, 7) is 24.3. The second-order valence-corrected chi connectivity index (χ2v) is 10.2. The number of nitrogens with zero attached hydrogens (tertiary/aromatic N) is 2. The average molecular weight is 610 g/mol. The molecular formula is C33H59N3O5S. The molecule has 2 aromatic rings. The van der Waals surface area contributed by atoms with E-state index in [1.807, 2.05) is 45.3 Å². The van der Waals surface area contributed by atoms with Crippen LogP contribution in [0.25, 0.3) is 10.4 Å². The maximum Gasteiger partial charge on any atom is 0.222 e. The topological polar surface area (TPSA) is 117 Å². The van der Waals surface area contributed by atoms with Crippen molar-refractivity contribution in [2.24, 2.45) is 0 Å². The van der Waals surface area contributed by atoms with E-state index < -0.39 is 0 Å². The summed E-state index contributed by atoms with van der Waals surface area (Å²) in [5.41, 5.74) is 5.18. The van der Waals surface area contributed by atoms with Crippen LogP contribution in [0.2, 0.25) is 0 Å². The van der Waals surface area contributed by atoms with Gasteiger partial charge in [-0.15, -0.1) is 11.3 Å². The van der Waals surface area contributed by atoms with E-state index in [0.717, 1.165) is 24.2 Å². The fourth-order valence-electron chi connectivity index (χ4n) is 2.70. The third-order valence-corrected chi connectivity index (χ3v) is 5.15. The van der Waals surface area contributed by atoms with Gasteiger partial charge in [0.1, 0.15) is 11.6 Å². The average Bonchev–Trinajstić information content (AvgIpc) is 3.57. The quantitative estimate of drug-likeness (QED) is 0.341. The van der Waals surface area contributed by atoms with Gasteiger partial charge in [-0.3, -0.25) is 9.59 Å². The van der Waals surface area contributed by atoms with Crippen LogP contribution < -0.4 is 5.32 Å². The lowest BCUT2D eigenvalue weighted by Crippen LogP contribution is -2.28. The first-order valence-electron chi connectivity index (χ1n) is 14.9. The molecule has 1 unspecified atom stereocenters. The Morgan fingerprint density at radius 1 is 0.976 bits per heavy atom. The van der Waals surface area contributed by atoms with Gasteiger partial charge in [0, 0.05) is 26.1 Å². The largest absolute Gasteiger partial charge is 0.391 e. The number of likely N-dealkylation sites (tertiary alicyclic amines) is 1. The van der Waals surface area contributed by atoms with Gasteiger partial charge < -0.3 is 24.9 Å². The molecule has 42 heavy (non-hydrogen) atoms. The molecular weight excluding hydrogens is 550 g/mol. The van der Waals surface area contributed by atoms with Crippen molar-refractivity contribution in [1.82, 2.24) is 15.2 Å². The number of aryl methyl sites for hydroxylation is 1. The molecule has 2 N–H and O–H groups in total. The maximum absolute atomic E-state index is 11.0. The number of aliphatic hydroxyl groups is 1. The monoisotopic (exact) mass is 609 g/mol. The summed E-state index contributed by atoms with van der Waals surface area (Å²) < 4.78 is 0. The number of benzene rings is 1. The van der Waals surface area contributed by atoms with Crippen molar-refractivity contribution in [2.75, 3.05) is 13.1 Å². The number of ketones is 2. The van der Waals surface area contributed by atoms with Gasteiger partial charge in [-0.05, 0) is 52.2 Å². The number of aliphatic hydroxyl groups excluding tert-OH is 1. The lowest BCUT2D eigenvalue weighted by Gasteiger charge is -2.13. The van der Waals surface area contributed by atoms with Crippen LogP contribution in [-0.4, -0.2) is 58.1 Å². The van der Waals surface area contributed by atoms with Crippen molar-refractivity contribution < 1.29 is 24.3 Å². The van der Waals surface area contributed by atoms with Crippen LogP contribution in [0.4, 0.5) is 0 Å². The van der Waals surface area contributed by atoms with Crippen LogP contribution >= 0.6 is 11.3 Å². The number of nitrogens with one attached hydrogen (secondary N) is 1. The number of β-amino-alcohol motifs (C(OH)–C–C–N with tert-alkyl or cyclic N) is 1. The zero-order valence-electron chi connectivity index (χ0n) is 28.4. The smallest absolute Gasteiger partial charge is 0.222 e. The molecule has 9 heteroatoms. The highest BCUT2D eigenvalue weighted by atomic mass is 32.1. The summed E-state index contributed by atoms with van der Waals surface area (Å²) in [7, 11) is 0. The number of Topliss-reactive ketones (excluding diaryl/α,β-unsaturated/α-hetero) is 2. The summed E-state index contributed by atoms with van der Waals surface area (Å²) >= 11 is 1.64. The minimum absolute atomic E-state index is 0.150. The van der Waals surface area contributed by atoms with E-state index in [9.17, 15) is 19.2 Å². The van der Waals surface area contributed by atoms with Gasteiger partial charge in [-0.2, -0.15) is 0 Å². The van der Waals surface area contributed by atoms with E-state index in [1.54, 1.807) is 16.2 Å². The number of thiazole rings is 1. The fourth-order valence-corrected chi connectivity index (χ4v) is 3.52. The summed E-state index contributed by atoms with van der Waals surface area (Å²) in [6, 6.07) is 8.15. The van der Waals surface area contributed by atoms with Gasteiger partial charge in [0.2, 0.25) is 12.3 Å². The number of aromatic nitrogens is 1. The van der Waals surface area contributed by atoms with Crippen LogP contribution in [0, 0.1) is 6.92 Å². The predicted molar refractivity (Wildman–Crippen MR) is 179 cm³/mol. The van der Waals surface area contributed by atoms with Crippen molar-refractivity contribution in [3.63, 3.8) is 0 Å². The Morgan fingerprint density at radius 2 is 1.43 bits per heavy atom. The van der Waals surface area contributed by atoms with Gasteiger partial charge in [0.05, 0.1) is 22.2 Å². The van der Waals surface area contributed by atoms with E-state index >= 15 is 0 Å².